The molecule has 0 saturated heterocycles. The van der Waals surface area contributed by atoms with Gasteiger partial charge in [0.15, 0.2) is 12.4 Å². The van der Waals surface area contributed by atoms with E-state index in [-0.39, 0.29) is 18.1 Å². The average Bonchev–Trinajstić information content (AvgIpc) is 3.16. The van der Waals surface area contributed by atoms with Gasteiger partial charge < -0.3 is 13.9 Å². The van der Waals surface area contributed by atoms with Gasteiger partial charge in [0.1, 0.15) is 11.3 Å². The number of amides is 1. The summed E-state index contributed by atoms with van der Waals surface area (Å²) in [5.74, 6) is -0.775. The number of non-ortho nitro benzene ring substituents is 1. The van der Waals surface area contributed by atoms with E-state index in [0.717, 1.165) is 0 Å². The molecule has 1 amide bonds. The van der Waals surface area contributed by atoms with Crippen molar-refractivity contribution in [2.75, 3.05) is 13.7 Å². The van der Waals surface area contributed by atoms with E-state index in [2.05, 4.69) is 47.1 Å². The Morgan fingerprint density at radius 2 is 1.94 bits per heavy atom. The van der Waals surface area contributed by atoms with Crippen molar-refractivity contribution in [3.8, 4) is 5.75 Å². The minimum Gasteiger partial charge on any atom is -0.480 e. The van der Waals surface area contributed by atoms with Gasteiger partial charge in [0.05, 0.1) is 27.2 Å². The van der Waals surface area contributed by atoms with Crippen LogP contribution in [0.4, 0.5) is 5.69 Å². The van der Waals surface area contributed by atoms with Crippen molar-refractivity contribution in [2.45, 2.75) is 0 Å². The summed E-state index contributed by atoms with van der Waals surface area (Å²) < 4.78 is 16.4. The van der Waals surface area contributed by atoms with Gasteiger partial charge in [-0.2, -0.15) is 5.10 Å². The first-order chi connectivity index (χ1) is 14.8. The fraction of sp³-hybridized carbons (Fsp3) is 0.105. The Morgan fingerprint density at radius 3 is 2.58 bits per heavy atom. The highest BCUT2D eigenvalue weighted by atomic mass is 79.9. The van der Waals surface area contributed by atoms with Gasteiger partial charge in [-0.15, -0.1) is 0 Å². The fourth-order valence-electron chi connectivity index (χ4n) is 2.46. The van der Waals surface area contributed by atoms with Crippen LogP contribution >= 0.6 is 31.9 Å². The Balaban J connectivity index is 1.68. The minimum atomic E-state index is -0.619. The van der Waals surface area contributed by atoms with Crippen LogP contribution in [0.5, 0.6) is 5.75 Å². The first-order valence-electron chi connectivity index (χ1n) is 8.48. The van der Waals surface area contributed by atoms with Gasteiger partial charge in [0.2, 0.25) is 0 Å². The number of furan rings is 1. The van der Waals surface area contributed by atoms with E-state index in [9.17, 15) is 19.7 Å². The Labute approximate surface area is 191 Å². The Hall–Kier alpha value is -3.25. The molecule has 0 fully saturated rings. The van der Waals surface area contributed by atoms with E-state index in [4.69, 9.17) is 9.15 Å². The van der Waals surface area contributed by atoms with Crippen molar-refractivity contribution in [3.63, 3.8) is 0 Å². The van der Waals surface area contributed by atoms with E-state index < -0.39 is 16.8 Å². The summed E-state index contributed by atoms with van der Waals surface area (Å²) in [5.41, 5.74) is 3.18. The normalized spacial score (nSPS) is 10.9. The molecule has 1 N–H and O–H groups in total. The lowest BCUT2D eigenvalue weighted by Gasteiger charge is -2.10. The molecule has 0 aliphatic rings. The molecule has 0 aliphatic carbocycles. The van der Waals surface area contributed by atoms with Gasteiger partial charge in [-0.05, 0) is 61.7 Å². The quantitative estimate of drug-likeness (QED) is 0.200. The smallest absolute Gasteiger partial charge is 0.343 e. The van der Waals surface area contributed by atoms with E-state index in [1.54, 1.807) is 12.1 Å². The van der Waals surface area contributed by atoms with E-state index in [1.807, 2.05) is 0 Å². The number of esters is 1. The summed E-state index contributed by atoms with van der Waals surface area (Å²) in [7, 11) is 1.26. The molecular weight excluding hydrogens is 542 g/mol. The SMILES string of the molecule is COC(=O)COc1c(Br)cc(/C=N\NC(=O)c2cc3cc([N+](=O)[O-])ccc3o2)cc1Br. The number of carbonyl (C=O) groups is 2. The molecule has 2 aromatic carbocycles. The number of nitrogens with one attached hydrogen (secondary N) is 1. The van der Waals surface area contributed by atoms with E-state index in [1.165, 1.54) is 37.6 Å². The number of halogens is 2. The molecule has 0 unspecified atom stereocenters. The summed E-state index contributed by atoms with van der Waals surface area (Å²) in [6.07, 6.45) is 1.39. The largest absolute Gasteiger partial charge is 0.480 e. The lowest BCUT2D eigenvalue weighted by atomic mass is 10.2. The molecule has 0 saturated carbocycles. The van der Waals surface area contributed by atoms with Gasteiger partial charge in [-0.25, -0.2) is 10.2 Å². The summed E-state index contributed by atoms with van der Waals surface area (Å²) in [6.45, 7) is -0.252. The van der Waals surface area contributed by atoms with Gasteiger partial charge in [0, 0.05) is 17.5 Å². The summed E-state index contributed by atoms with van der Waals surface area (Å²) in [5, 5.41) is 15.2. The first kappa shape index (κ1) is 22.4. The van der Waals surface area contributed by atoms with Crippen LogP contribution in [-0.4, -0.2) is 36.7 Å². The highest BCUT2D eigenvalue weighted by Gasteiger charge is 2.15. The van der Waals surface area contributed by atoms with Crippen LogP contribution in [0.1, 0.15) is 16.1 Å². The maximum Gasteiger partial charge on any atom is 0.343 e. The lowest BCUT2D eigenvalue weighted by Crippen LogP contribution is -2.16. The molecular formula is C19H13Br2N3O7. The van der Waals surface area contributed by atoms with Crippen LogP contribution in [0.15, 0.2) is 54.9 Å². The molecule has 1 heterocycles. The summed E-state index contributed by atoms with van der Waals surface area (Å²) >= 11 is 6.69. The van der Waals surface area contributed by atoms with Crippen molar-refractivity contribution in [1.29, 1.82) is 0 Å². The van der Waals surface area contributed by atoms with Crippen molar-refractivity contribution in [1.82, 2.24) is 5.43 Å². The van der Waals surface area contributed by atoms with E-state index in [0.29, 0.717) is 31.2 Å². The zero-order valence-corrected chi connectivity index (χ0v) is 18.9. The van der Waals surface area contributed by atoms with Gasteiger partial charge >= 0.3 is 11.9 Å². The van der Waals surface area contributed by atoms with Crippen LogP contribution < -0.4 is 10.2 Å². The molecule has 0 aliphatic heterocycles. The van der Waals surface area contributed by atoms with Crippen molar-refractivity contribution >= 4 is 66.6 Å². The fourth-order valence-corrected chi connectivity index (χ4v) is 3.91. The number of nitro benzene ring substituents is 1. The van der Waals surface area contributed by atoms with Crippen LogP contribution in [0, 0.1) is 10.1 Å². The molecule has 0 radical (unpaired) electrons. The minimum absolute atomic E-state index is 0.0402. The predicted molar refractivity (Wildman–Crippen MR) is 117 cm³/mol. The Morgan fingerprint density at radius 1 is 1.23 bits per heavy atom. The molecule has 0 spiro atoms. The third-order valence-corrected chi connectivity index (χ3v) is 5.07. The lowest BCUT2D eigenvalue weighted by molar-refractivity contribution is -0.384. The van der Waals surface area contributed by atoms with Gasteiger partial charge in [-0.3, -0.25) is 14.9 Å². The topological polar surface area (TPSA) is 133 Å². The maximum absolute atomic E-state index is 12.3. The first-order valence-corrected chi connectivity index (χ1v) is 10.1. The Bertz CT molecular complexity index is 1180. The highest BCUT2D eigenvalue weighted by molar-refractivity contribution is 9.11. The van der Waals surface area contributed by atoms with Crippen molar-refractivity contribution in [3.05, 3.63) is 66.8 Å². The second-order valence-electron chi connectivity index (χ2n) is 5.97. The number of hydrogen-bond donors (Lipinski definition) is 1. The standard InChI is InChI=1S/C19H13Br2N3O7/c1-29-17(25)9-30-18-13(20)4-10(5-14(18)21)8-22-23-19(26)16-7-11-6-12(24(27)28)2-3-15(11)31-16/h2-8H,9H2,1H3,(H,23,26)/b22-8-. The predicted octanol–water partition coefficient (Wildman–Crippen LogP) is 4.18. The zero-order valence-electron chi connectivity index (χ0n) is 15.8. The number of ether oxygens (including phenoxy) is 2. The summed E-state index contributed by atoms with van der Waals surface area (Å²) in [4.78, 5) is 33.8. The number of methoxy groups -OCH3 is 1. The number of nitrogens with zero attached hydrogens (tertiary/aromatic N) is 2. The number of nitro groups is 1. The van der Waals surface area contributed by atoms with Crippen molar-refractivity contribution < 1.29 is 28.4 Å². The second-order valence-corrected chi connectivity index (χ2v) is 7.68. The number of hydrazone groups is 1. The van der Waals surface area contributed by atoms with Crippen LogP contribution in [0.2, 0.25) is 0 Å². The molecule has 10 nitrogen and oxygen atoms in total. The van der Waals surface area contributed by atoms with Gasteiger partial charge in [-0.1, -0.05) is 0 Å². The Kier molecular flexibility index (Phi) is 7.02. The number of carbonyl (C=O) groups excluding carboxylic acids is 2. The number of rotatable bonds is 7. The number of benzene rings is 2. The zero-order chi connectivity index (χ0) is 22.5. The average molecular weight is 555 g/mol. The molecule has 3 rings (SSSR count). The number of hydrogen-bond acceptors (Lipinski definition) is 8. The molecule has 1 aromatic heterocycles. The monoisotopic (exact) mass is 553 g/mol. The molecule has 0 atom stereocenters. The third-order valence-electron chi connectivity index (χ3n) is 3.90. The number of fused-ring (bicyclic) bond motifs is 1. The molecule has 12 heteroatoms. The third kappa shape index (κ3) is 5.47. The van der Waals surface area contributed by atoms with Crippen LogP contribution in [0.3, 0.4) is 0 Å². The highest BCUT2D eigenvalue weighted by Crippen LogP contribution is 2.34. The molecule has 160 valence electrons. The second kappa shape index (κ2) is 9.71. The molecule has 31 heavy (non-hydrogen) atoms. The maximum atomic E-state index is 12.3. The van der Waals surface area contributed by atoms with Crippen molar-refractivity contribution in [2.24, 2.45) is 5.10 Å². The van der Waals surface area contributed by atoms with E-state index >= 15 is 0 Å². The molecule has 3 aromatic rings. The molecule has 0 bridgehead atoms. The van der Waals surface area contributed by atoms with Gasteiger partial charge in [0.25, 0.3) is 5.69 Å². The summed E-state index contributed by atoms with van der Waals surface area (Å²) in [6, 6.07) is 8.78. The van der Waals surface area contributed by atoms with Crippen LogP contribution in [0.25, 0.3) is 11.0 Å². The van der Waals surface area contributed by atoms with Crippen LogP contribution in [-0.2, 0) is 9.53 Å².